The van der Waals surface area contributed by atoms with Crippen LogP contribution in [0.1, 0.15) is 18.9 Å². The topological polar surface area (TPSA) is 50.1 Å². The minimum atomic E-state index is -0.452. The highest BCUT2D eigenvalue weighted by Crippen LogP contribution is 2.00. The number of hydrogen-bond acceptors (Lipinski definition) is 3. The number of benzene rings is 1. The van der Waals surface area contributed by atoms with Gasteiger partial charge in [0.25, 0.3) is 0 Å². The van der Waals surface area contributed by atoms with Crippen LogP contribution in [0.15, 0.2) is 49.2 Å². The van der Waals surface area contributed by atoms with E-state index in [0.29, 0.717) is 6.42 Å². The lowest BCUT2D eigenvalue weighted by Crippen LogP contribution is -1.91. The first-order valence-electron chi connectivity index (χ1n) is 5.16. The molecule has 0 fully saturated rings. The van der Waals surface area contributed by atoms with Crippen LogP contribution >= 0.6 is 0 Å². The summed E-state index contributed by atoms with van der Waals surface area (Å²) in [5, 5.41) is 7.62. The molecule has 0 atom stereocenters. The maximum atomic E-state index is 10.6. The molecule has 0 saturated heterocycles. The average molecular weight is 229 g/mol. The highest BCUT2D eigenvalue weighted by atomic mass is 16.5. The summed E-state index contributed by atoms with van der Waals surface area (Å²) in [6, 6.07) is 11.5. The Hall–Kier alpha value is -2.34. The fraction of sp³-hybridized carbons (Fsp3) is 0.143. The third-order valence-corrected chi connectivity index (χ3v) is 1.57. The molecule has 0 bridgehead atoms. The molecule has 0 N–H and O–H groups in total. The lowest BCUT2D eigenvalue weighted by molar-refractivity contribution is -0.132. The van der Waals surface area contributed by atoms with E-state index in [1.807, 2.05) is 43.3 Å². The molecule has 0 spiro atoms. The maximum Gasteiger partial charge on any atom is 0.334 e. The van der Waals surface area contributed by atoms with Gasteiger partial charge >= 0.3 is 5.97 Å². The Bertz CT molecular complexity index is 402. The second-order valence-corrected chi connectivity index (χ2v) is 2.87. The van der Waals surface area contributed by atoms with E-state index in [-0.39, 0.29) is 0 Å². The minimum Gasteiger partial charge on any atom is -0.431 e. The van der Waals surface area contributed by atoms with E-state index in [9.17, 15) is 4.79 Å². The molecule has 0 aliphatic rings. The van der Waals surface area contributed by atoms with Crippen molar-refractivity contribution in [2.45, 2.75) is 13.3 Å². The van der Waals surface area contributed by atoms with Gasteiger partial charge < -0.3 is 4.74 Å². The number of rotatable bonds is 3. The summed E-state index contributed by atoms with van der Waals surface area (Å²) in [4.78, 5) is 10.6. The number of hydrogen-bond donors (Lipinski definition) is 0. The molecule has 1 aromatic carbocycles. The van der Waals surface area contributed by atoms with Crippen molar-refractivity contribution < 1.29 is 9.53 Å². The summed E-state index contributed by atoms with van der Waals surface area (Å²) in [5.74, 6) is -0.452. The summed E-state index contributed by atoms with van der Waals surface area (Å²) in [6.07, 6.45) is 4.80. The largest absolute Gasteiger partial charge is 0.431 e. The Kier molecular flexibility index (Phi) is 8.78. The summed E-state index contributed by atoms with van der Waals surface area (Å²) in [6.45, 7) is 5.10. The number of nitrogens with zero attached hydrogens (tertiary/aromatic N) is 1. The SMILES string of the molecule is C=CC(=O)OC=Cc1ccccc1.CCC#N. The van der Waals surface area contributed by atoms with Gasteiger partial charge in [0.15, 0.2) is 0 Å². The van der Waals surface area contributed by atoms with E-state index in [0.717, 1.165) is 11.6 Å². The fourth-order valence-corrected chi connectivity index (χ4v) is 0.792. The predicted octanol–water partition coefficient (Wildman–Crippen LogP) is 3.31. The van der Waals surface area contributed by atoms with Crippen LogP contribution in [0.3, 0.4) is 0 Å². The van der Waals surface area contributed by atoms with Crippen molar-refractivity contribution in [2.24, 2.45) is 0 Å². The van der Waals surface area contributed by atoms with Crippen LogP contribution in [0.4, 0.5) is 0 Å². The third kappa shape index (κ3) is 8.64. The van der Waals surface area contributed by atoms with Crippen molar-refractivity contribution >= 4 is 12.0 Å². The number of carbonyl (C=O) groups excluding carboxylic acids is 1. The first kappa shape index (κ1) is 14.7. The van der Waals surface area contributed by atoms with Gasteiger partial charge in [-0.15, -0.1) is 0 Å². The normalized spacial score (nSPS) is 8.71. The Labute approximate surface area is 102 Å². The van der Waals surface area contributed by atoms with Crippen molar-refractivity contribution in [3.63, 3.8) is 0 Å². The molecule has 1 rings (SSSR count). The molecule has 3 heteroatoms. The zero-order valence-electron chi connectivity index (χ0n) is 9.80. The highest BCUT2D eigenvalue weighted by molar-refractivity contribution is 5.82. The van der Waals surface area contributed by atoms with Gasteiger partial charge in [0.2, 0.25) is 0 Å². The van der Waals surface area contributed by atoms with Crippen LogP contribution in [-0.4, -0.2) is 5.97 Å². The van der Waals surface area contributed by atoms with Gasteiger partial charge in [-0.2, -0.15) is 5.26 Å². The number of carbonyl (C=O) groups is 1. The molecule has 0 saturated carbocycles. The zero-order chi connectivity index (χ0) is 12.9. The quantitative estimate of drug-likeness (QED) is 0.454. The van der Waals surface area contributed by atoms with Crippen LogP contribution in [0.2, 0.25) is 0 Å². The predicted molar refractivity (Wildman–Crippen MR) is 67.7 cm³/mol. The first-order chi connectivity index (χ1) is 8.24. The molecule has 0 heterocycles. The number of nitriles is 1. The number of ether oxygens (including phenoxy) is 1. The van der Waals surface area contributed by atoms with Crippen molar-refractivity contribution in [3.05, 3.63) is 54.8 Å². The molecule has 17 heavy (non-hydrogen) atoms. The van der Waals surface area contributed by atoms with E-state index in [1.165, 1.54) is 6.26 Å². The van der Waals surface area contributed by atoms with Crippen LogP contribution < -0.4 is 0 Å². The lowest BCUT2D eigenvalue weighted by Gasteiger charge is -1.92. The van der Waals surface area contributed by atoms with Crippen LogP contribution in [-0.2, 0) is 9.53 Å². The Balaban J connectivity index is 0.000000557. The van der Waals surface area contributed by atoms with Gasteiger partial charge in [-0.25, -0.2) is 4.79 Å². The second kappa shape index (κ2) is 10.2. The Morgan fingerprint density at radius 2 is 2.06 bits per heavy atom. The van der Waals surface area contributed by atoms with Crippen molar-refractivity contribution in [3.8, 4) is 6.07 Å². The average Bonchev–Trinajstić information content (AvgIpc) is 2.40. The van der Waals surface area contributed by atoms with Crippen LogP contribution in [0.5, 0.6) is 0 Å². The molecule has 0 unspecified atom stereocenters. The summed E-state index contributed by atoms with van der Waals surface area (Å²) >= 11 is 0. The maximum absolute atomic E-state index is 10.6. The zero-order valence-corrected chi connectivity index (χ0v) is 9.80. The fourth-order valence-electron chi connectivity index (χ4n) is 0.792. The molecule has 1 aromatic rings. The summed E-state index contributed by atoms with van der Waals surface area (Å²) < 4.78 is 4.66. The lowest BCUT2D eigenvalue weighted by atomic mass is 10.2. The smallest absolute Gasteiger partial charge is 0.334 e. The van der Waals surface area contributed by atoms with Crippen LogP contribution in [0, 0.1) is 11.3 Å². The second-order valence-electron chi connectivity index (χ2n) is 2.87. The highest BCUT2D eigenvalue weighted by Gasteiger charge is 1.88. The van der Waals surface area contributed by atoms with Gasteiger partial charge in [-0.1, -0.05) is 43.8 Å². The Morgan fingerprint density at radius 1 is 1.47 bits per heavy atom. The monoisotopic (exact) mass is 229 g/mol. The Morgan fingerprint density at radius 3 is 2.53 bits per heavy atom. The molecular weight excluding hydrogens is 214 g/mol. The van der Waals surface area contributed by atoms with Crippen LogP contribution in [0.25, 0.3) is 6.08 Å². The van der Waals surface area contributed by atoms with Gasteiger partial charge in [-0.3, -0.25) is 0 Å². The van der Waals surface area contributed by atoms with E-state index >= 15 is 0 Å². The van der Waals surface area contributed by atoms with Gasteiger partial charge in [0, 0.05) is 12.5 Å². The number of esters is 1. The van der Waals surface area contributed by atoms with E-state index in [4.69, 9.17) is 5.26 Å². The molecule has 3 nitrogen and oxygen atoms in total. The molecular formula is C14H15NO2. The molecule has 0 radical (unpaired) electrons. The van der Waals surface area contributed by atoms with E-state index in [2.05, 4.69) is 11.3 Å². The summed E-state index contributed by atoms with van der Waals surface area (Å²) in [7, 11) is 0. The van der Waals surface area contributed by atoms with E-state index in [1.54, 1.807) is 6.08 Å². The van der Waals surface area contributed by atoms with Crippen molar-refractivity contribution in [2.75, 3.05) is 0 Å². The first-order valence-corrected chi connectivity index (χ1v) is 5.16. The van der Waals surface area contributed by atoms with Gasteiger partial charge in [0.1, 0.15) is 0 Å². The van der Waals surface area contributed by atoms with Gasteiger partial charge in [0.05, 0.1) is 12.3 Å². The van der Waals surface area contributed by atoms with Gasteiger partial charge in [-0.05, 0) is 11.6 Å². The molecule has 88 valence electrons. The minimum absolute atomic E-state index is 0.452. The third-order valence-electron chi connectivity index (χ3n) is 1.57. The van der Waals surface area contributed by atoms with Crippen molar-refractivity contribution in [1.29, 1.82) is 5.26 Å². The molecule has 0 aliphatic heterocycles. The van der Waals surface area contributed by atoms with E-state index < -0.39 is 5.97 Å². The van der Waals surface area contributed by atoms with Crippen molar-refractivity contribution in [1.82, 2.24) is 0 Å². The molecule has 0 aliphatic carbocycles. The standard InChI is InChI=1S/C11H10O2.C3H5N/c1-2-11(12)13-9-8-10-6-4-3-5-7-10;1-2-3-4/h2-9H,1H2;2H2,1H3. The summed E-state index contributed by atoms with van der Waals surface area (Å²) in [5.41, 5.74) is 0.986. The molecule has 0 amide bonds. The molecule has 0 aromatic heterocycles.